The molecule has 6 heteroatoms. The second-order valence-corrected chi connectivity index (χ2v) is 5.49. The SMILES string of the molecule is C=CCn1c(-c2ccc(C)cc2)cs/c1=N\NC(=O)CC#N. The number of nitriles is 1. The molecule has 0 spiro atoms. The molecule has 0 aliphatic heterocycles. The molecule has 1 aromatic carbocycles. The zero-order chi connectivity index (χ0) is 15.9. The van der Waals surface area contributed by atoms with Crippen molar-refractivity contribution in [3.05, 3.63) is 52.7 Å². The van der Waals surface area contributed by atoms with Gasteiger partial charge in [0.2, 0.25) is 4.80 Å². The minimum atomic E-state index is -0.419. The summed E-state index contributed by atoms with van der Waals surface area (Å²) >= 11 is 1.43. The van der Waals surface area contributed by atoms with Gasteiger partial charge in [-0.2, -0.15) is 5.26 Å². The first-order chi connectivity index (χ1) is 10.7. The van der Waals surface area contributed by atoms with E-state index in [1.165, 1.54) is 16.9 Å². The highest BCUT2D eigenvalue weighted by molar-refractivity contribution is 7.07. The van der Waals surface area contributed by atoms with Gasteiger partial charge in [-0.3, -0.25) is 4.79 Å². The summed E-state index contributed by atoms with van der Waals surface area (Å²) in [7, 11) is 0. The normalized spacial score (nSPS) is 11.0. The van der Waals surface area contributed by atoms with Gasteiger partial charge in [-0.05, 0) is 12.5 Å². The van der Waals surface area contributed by atoms with Crippen LogP contribution in [0.15, 0.2) is 47.4 Å². The van der Waals surface area contributed by atoms with Crippen LogP contribution in [0.3, 0.4) is 0 Å². The van der Waals surface area contributed by atoms with Crippen LogP contribution < -0.4 is 10.2 Å². The number of hydrogen-bond acceptors (Lipinski definition) is 4. The molecular formula is C16H16N4OS. The van der Waals surface area contributed by atoms with Crippen LogP contribution in [0, 0.1) is 18.3 Å². The Labute approximate surface area is 132 Å². The summed E-state index contributed by atoms with van der Waals surface area (Å²) in [5, 5.41) is 14.6. The highest BCUT2D eigenvalue weighted by Crippen LogP contribution is 2.20. The number of rotatable bonds is 5. The molecule has 0 aliphatic carbocycles. The van der Waals surface area contributed by atoms with Gasteiger partial charge in [0.15, 0.2) is 0 Å². The van der Waals surface area contributed by atoms with Crippen LogP contribution in [0.4, 0.5) is 0 Å². The Morgan fingerprint density at radius 2 is 2.23 bits per heavy atom. The summed E-state index contributed by atoms with van der Waals surface area (Å²) in [4.78, 5) is 12.0. The predicted molar refractivity (Wildman–Crippen MR) is 86.6 cm³/mol. The van der Waals surface area contributed by atoms with E-state index in [-0.39, 0.29) is 6.42 Å². The molecule has 112 valence electrons. The lowest BCUT2D eigenvalue weighted by atomic mass is 10.1. The molecule has 1 amide bonds. The molecule has 5 nitrogen and oxygen atoms in total. The molecular weight excluding hydrogens is 296 g/mol. The summed E-state index contributed by atoms with van der Waals surface area (Å²) in [5.41, 5.74) is 5.68. The first-order valence-corrected chi connectivity index (χ1v) is 7.59. The maximum atomic E-state index is 11.3. The fraction of sp³-hybridized carbons (Fsp3) is 0.188. The van der Waals surface area contributed by atoms with E-state index < -0.39 is 5.91 Å². The van der Waals surface area contributed by atoms with E-state index in [1.54, 1.807) is 12.1 Å². The average molecular weight is 312 g/mol. The van der Waals surface area contributed by atoms with Gasteiger partial charge < -0.3 is 4.57 Å². The number of hydrogen-bond donors (Lipinski definition) is 1. The average Bonchev–Trinajstić information content (AvgIpc) is 2.90. The molecule has 0 saturated heterocycles. The van der Waals surface area contributed by atoms with Crippen molar-refractivity contribution >= 4 is 17.2 Å². The van der Waals surface area contributed by atoms with Crippen LogP contribution in [0.1, 0.15) is 12.0 Å². The second kappa shape index (κ2) is 7.38. The van der Waals surface area contributed by atoms with Gasteiger partial charge in [0.1, 0.15) is 6.42 Å². The number of aromatic nitrogens is 1. The molecule has 2 aromatic rings. The smallest absolute Gasteiger partial charge is 0.254 e. The number of allylic oxidation sites excluding steroid dienone is 1. The summed E-state index contributed by atoms with van der Waals surface area (Å²) in [6.07, 6.45) is 1.57. The molecule has 0 unspecified atom stereocenters. The Kier molecular flexibility index (Phi) is 5.28. The lowest BCUT2D eigenvalue weighted by molar-refractivity contribution is -0.120. The number of thiazole rings is 1. The Bertz CT molecular complexity index is 778. The number of nitrogens with one attached hydrogen (secondary N) is 1. The maximum Gasteiger partial charge on any atom is 0.254 e. The Morgan fingerprint density at radius 3 is 2.86 bits per heavy atom. The Balaban J connectivity index is 2.39. The molecule has 0 aliphatic rings. The Morgan fingerprint density at radius 1 is 1.50 bits per heavy atom. The molecule has 0 saturated carbocycles. The lowest BCUT2D eigenvalue weighted by Crippen LogP contribution is -2.24. The quantitative estimate of drug-likeness (QED) is 0.681. The van der Waals surface area contributed by atoms with Gasteiger partial charge in [0, 0.05) is 11.9 Å². The first kappa shape index (κ1) is 15.7. The van der Waals surface area contributed by atoms with Crippen LogP contribution in [0.5, 0.6) is 0 Å². The van der Waals surface area contributed by atoms with Crippen molar-refractivity contribution in [3.63, 3.8) is 0 Å². The number of amides is 1. The summed E-state index contributed by atoms with van der Waals surface area (Å²) in [5.74, 6) is -0.419. The van der Waals surface area contributed by atoms with Gasteiger partial charge in [0.25, 0.3) is 5.91 Å². The van der Waals surface area contributed by atoms with Crippen LogP contribution in [-0.2, 0) is 11.3 Å². The first-order valence-electron chi connectivity index (χ1n) is 6.71. The highest BCUT2D eigenvalue weighted by atomic mass is 32.1. The van der Waals surface area contributed by atoms with Crippen molar-refractivity contribution in [2.75, 3.05) is 0 Å². The molecule has 0 atom stereocenters. The van der Waals surface area contributed by atoms with Crippen LogP contribution in [0.2, 0.25) is 0 Å². The van der Waals surface area contributed by atoms with Crippen molar-refractivity contribution in [1.82, 2.24) is 9.99 Å². The minimum Gasteiger partial charge on any atom is -0.311 e. The van der Waals surface area contributed by atoms with E-state index in [4.69, 9.17) is 5.26 Å². The third-order valence-electron chi connectivity index (χ3n) is 2.97. The number of nitrogens with zero attached hydrogens (tertiary/aromatic N) is 3. The van der Waals surface area contributed by atoms with E-state index in [2.05, 4.69) is 41.4 Å². The van der Waals surface area contributed by atoms with E-state index >= 15 is 0 Å². The van der Waals surface area contributed by atoms with Crippen molar-refractivity contribution < 1.29 is 4.79 Å². The largest absolute Gasteiger partial charge is 0.311 e. The van der Waals surface area contributed by atoms with Gasteiger partial charge in [-0.15, -0.1) is 23.0 Å². The molecule has 2 rings (SSSR count). The molecule has 0 bridgehead atoms. The molecule has 1 heterocycles. The van der Waals surface area contributed by atoms with Crippen LogP contribution in [0.25, 0.3) is 11.3 Å². The monoisotopic (exact) mass is 312 g/mol. The van der Waals surface area contributed by atoms with Gasteiger partial charge in [-0.1, -0.05) is 35.9 Å². The van der Waals surface area contributed by atoms with Crippen LogP contribution in [-0.4, -0.2) is 10.5 Å². The van der Waals surface area contributed by atoms with Crippen LogP contribution >= 0.6 is 11.3 Å². The number of carbonyl (C=O) groups is 1. The molecule has 1 N–H and O–H groups in total. The van der Waals surface area contributed by atoms with Gasteiger partial charge in [0.05, 0.1) is 11.8 Å². The summed E-state index contributed by atoms with van der Waals surface area (Å²) in [6.45, 7) is 6.39. The molecule has 22 heavy (non-hydrogen) atoms. The van der Waals surface area contributed by atoms with Crippen molar-refractivity contribution in [2.24, 2.45) is 5.10 Å². The Hall–Kier alpha value is -2.65. The van der Waals surface area contributed by atoms with E-state index in [9.17, 15) is 4.79 Å². The summed E-state index contributed by atoms with van der Waals surface area (Å²) in [6, 6.07) is 9.99. The fourth-order valence-corrected chi connectivity index (χ4v) is 2.78. The van der Waals surface area contributed by atoms with Crippen molar-refractivity contribution in [1.29, 1.82) is 5.26 Å². The third-order valence-corrected chi connectivity index (χ3v) is 3.84. The standard InChI is InChI=1S/C16H16N4OS/c1-3-10-20-14(13-6-4-12(2)5-7-13)11-22-16(20)19-18-15(21)8-9-17/h3-7,11H,1,8,10H2,2H3,(H,18,21)/b19-16-. The zero-order valence-corrected chi connectivity index (χ0v) is 13.1. The number of benzene rings is 1. The topological polar surface area (TPSA) is 70.2 Å². The zero-order valence-electron chi connectivity index (χ0n) is 12.2. The van der Waals surface area contributed by atoms with Crippen molar-refractivity contribution in [3.8, 4) is 17.3 Å². The van der Waals surface area contributed by atoms with Gasteiger partial charge >= 0.3 is 0 Å². The van der Waals surface area contributed by atoms with Crippen molar-refractivity contribution in [2.45, 2.75) is 19.9 Å². The number of carbonyl (C=O) groups excluding carboxylic acids is 1. The van der Waals surface area contributed by atoms with E-state index in [0.29, 0.717) is 11.3 Å². The molecule has 1 aromatic heterocycles. The minimum absolute atomic E-state index is 0.207. The predicted octanol–water partition coefficient (Wildman–Crippen LogP) is 2.56. The fourth-order valence-electron chi connectivity index (χ4n) is 1.90. The third kappa shape index (κ3) is 3.71. The van der Waals surface area contributed by atoms with E-state index in [1.807, 2.05) is 16.9 Å². The van der Waals surface area contributed by atoms with E-state index in [0.717, 1.165) is 11.3 Å². The maximum absolute atomic E-state index is 11.3. The molecule has 0 fully saturated rings. The molecule has 0 radical (unpaired) electrons. The highest BCUT2D eigenvalue weighted by Gasteiger charge is 2.07. The number of aryl methyl sites for hydroxylation is 1. The second-order valence-electron chi connectivity index (χ2n) is 4.65. The summed E-state index contributed by atoms with van der Waals surface area (Å²) < 4.78 is 1.97. The lowest BCUT2D eigenvalue weighted by Gasteiger charge is -2.06. The van der Waals surface area contributed by atoms with Gasteiger partial charge in [-0.25, -0.2) is 5.43 Å².